The molecule has 164 valence electrons. The van der Waals surface area contributed by atoms with Crippen LogP contribution in [0.15, 0.2) is 41.1 Å². The zero-order valence-electron chi connectivity index (χ0n) is 18.2. The third kappa shape index (κ3) is 4.38. The lowest BCUT2D eigenvalue weighted by Gasteiger charge is -2.34. The number of benzene rings is 1. The topological polar surface area (TPSA) is 104 Å². The Bertz CT molecular complexity index is 1250. The van der Waals surface area contributed by atoms with Gasteiger partial charge in [-0.25, -0.2) is 4.98 Å². The lowest BCUT2D eigenvalue weighted by Crippen LogP contribution is -2.47. The van der Waals surface area contributed by atoms with Crippen molar-refractivity contribution >= 4 is 16.9 Å². The Morgan fingerprint density at radius 3 is 2.72 bits per heavy atom. The number of fused-ring (bicyclic) bond motifs is 1. The standard InChI is InChI=1S/C23H25N7O2/c1-15-25-23(32-28-15)18-3-4-20-21(12-18)27-22(26-20)13-19-11-17(5-6-24-19)14-29-7-9-30(10-8-29)16(2)31/h3-6,11-12H,7-10,13-14H2,1-2H3,(H,26,27). The number of nitrogens with zero attached hydrogens (tertiary/aromatic N) is 6. The van der Waals surface area contributed by atoms with E-state index >= 15 is 0 Å². The van der Waals surface area contributed by atoms with E-state index in [2.05, 4.69) is 37.1 Å². The van der Waals surface area contributed by atoms with E-state index < -0.39 is 0 Å². The summed E-state index contributed by atoms with van der Waals surface area (Å²) in [4.78, 5) is 32.7. The van der Waals surface area contributed by atoms with Crippen LogP contribution in [-0.2, 0) is 17.8 Å². The quantitative estimate of drug-likeness (QED) is 0.518. The van der Waals surface area contributed by atoms with Crippen molar-refractivity contribution < 1.29 is 9.32 Å². The van der Waals surface area contributed by atoms with Gasteiger partial charge in [0, 0.05) is 63.5 Å². The van der Waals surface area contributed by atoms with E-state index in [0.29, 0.717) is 18.1 Å². The maximum absolute atomic E-state index is 11.5. The van der Waals surface area contributed by atoms with Crippen molar-refractivity contribution in [2.75, 3.05) is 26.2 Å². The molecule has 1 saturated heterocycles. The van der Waals surface area contributed by atoms with E-state index in [1.807, 2.05) is 29.3 Å². The molecule has 0 spiro atoms. The second-order valence-corrected chi connectivity index (χ2v) is 8.18. The number of nitrogens with one attached hydrogen (secondary N) is 1. The first kappa shape index (κ1) is 20.3. The normalized spacial score (nSPS) is 14.9. The number of rotatable bonds is 5. The van der Waals surface area contributed by atoms with Gasteiger partial charge >= 0.3 is 0 Å². The summed E-state index contributed by atoms with van der Waals surface area (Å²) in [6.45, 7) is 7.65. The van der Waals surface area contributed by atoms with Gasteiger partial charge in [-0.2, -0.15) is 4.98 Å². The average Bonchev–Trinajstić information content (AvgIpc) is 3.39. The highest BCUT2D eigenvalue weighted by Gasteiger charge is 2.18. The van der Waals surface area contributed by atoms with Gasteiger partial charge in [0.2, 0.25) is 5.91 Å². The first-order chi connectivity index (χ1) is 15.5. The smallest absolute Gasteiger partial charge is 0.257 e. The van der Waals surface area contributed by atoms with Crippen LogP contribution in [0.4, 0.5) is 0 Å². The van der Waals surface area contributed by atoms with Crippen molar-refractivity contribution in [1.82, 2.24) is 34.9 Å². The fourth-order valence-electron chi connectivity index (χ4n) is 4.07. The van der Waals surface area contributed by atoms with Crippen LogP contribution in [0.1, 0.15) is 29.8 Å². The monoisotopic (exact) mass is 431 g/mol. The van der Waals surface area contributed by atoms with Crippen molar-refractivity contribution in [3.8, 4) is 11.5 Å². The van der Waals surface area contributed by atoms with E-state index in [1.165, 1.54) is 5.56 Å². The van der Waals surface area contributed by atoms with E-state index in [4.69, 9.17) is 9.51 Å². The van der Waals surface area contributed by atoms with Crippen LogP contribution in [0.5, 0.6) is 0 Å². The molecule has 0 unspecified atom stereocenters. The van der Waals surface area contributed by atoms with Crippen LogP contribution in [0, 0.1) is 6.92 Å². The molecule has 1 aliphatic heterocycles. The Hall–Kier alpha value is -3.59. The van der Waals surface area contributed by atoms with E-state index in [9.17, 15) is 4.79 Å². The molecule has 0 atom stereocenters. The molecule has 4 heterocycles. The highest BCUT2D eigenvalue weighted by molar-refractivity contribution is 5.80. The number of carbonyl (C=O) groups is 1. The summed E-state index contributed by atoms with van der Waals surface area (Å²) in [5.74, 6) is 2.12. The fourth-order valence-corrected chi connectivity index (χ4v) is 4.07. The lowest BCUT2D eigenvalue weighted by atomic mass is 10.1. The first-order valence-electron chi connectivity index (χ1n) is 10.7. The van der Waals surface area contributed by atoms with Crippen LogP contribution in [0.2, 0.25) is 0 Å². The molecule has 0 bridgehead atoms. The van der Waals surface area contributed by atoms with E-state index in [0.717, 1.165) is 60.8 Å². The Morgan fingerprint density at radius 2 is 1.97 bits per heavy atom. The molecule has 0 aliphatic carbocycles. The second kappa shape index (κ2) is 8.51. The van der Waals surface area contributed by atoms with Gasteiger partial charge in [0.25, 0.3) is 5.89 Å². The highest BCUT2D eigenvalue weighted by Crippen LogP contribution is 2.22. The summed E-state index contributed by atoms with van der Waals surface area (Å²) in [6.07, 6.45) is 2.48. The number of pyridine rings is 1. The van der Waals surface area contributed by atoms with Gasteiger partial charge in [0.15, 0.2) is 5.82 Å². The van der Waals surface area contributed by atoms with Crippen molar-refractivity contribution in [2.45, 2.75) is 26.8 Å². The Labute approximate surface area is 185 Å². The maximum Gasteiger partial charge on any atom is 0.257 e. The molecule has 1 amide bonds. The van der Waals surface area contributed by atoms with E-state index in [-0.39, 0.29) is 5.91 Å². The van der Waals surface area contributed by atoms with Gasteiger partial charge in [-0.1, -0.05) is 5.16 Å². The number of aryl methyl sites for hydroxylation is 1. The minimum atomic E-state index is 0.154. The zero-order chi connectivity index (χ0) is 22.1. The summed E-state index contributed by atoms with van der Waals surface area (Å²) in [5.41, 5.74) is 4.86. The highest BCUT2D eigenvalue weighted by atomic mass is 16.5. The van der Waals surface area contributed by atoms with Gasteiger partial charge in [0.05, 0.1) is 11.0 Å². The van der Waals surface area contributed by atoms with Gasteiger partial charge in [-0.05, 0) is 42.8 Å². The van der Waals surface area contributed by atoms with Crippen LogP contribution < -0.4 is 0 Å². The number of piperazine rings is 1. The largest absolute Gasteiger partial charge is 0.342 e. The molecule has 1 N–H and O–H groups in total. The molecule has 32 heavy (non-hydrogen) atoms. The van der Waals surface area contributed by atoms with Gasteiger partial charge < -0.3 is 14.4 Å². The van der Waals surface area contributed by atoms with E-state index in [1.54, 1.807) is 13.8 Å². The van der Waals surface area contributed by atoms with Gasteiger partial charge in [-0.15, -0.1) is 0 Å². The summed E-state index contributed by atoms with van der Waals surface area (Å²) in [6, 6.07) is 10.1. The third-order valence-corrected chi connectivity index (χ3v) is 5.76. The molecule has 3 aromatic heterocycles. The molecule has 1 aromatic carbocycles. The molecular formula is C23H25N7O2. The van der Waals surface area contributed by atoms with Crippen LogP contribution >= 0.6 is 0 Å². The molecule has 9 heteroatoms. The average molecular weight is 432 g/mol. The summed E-state index contributed by atoms with van der Waals surface area (Å²) in [5, 5.41) is 3.85. The first-order valence-corrected chi connectivity index (χ1v) is 10.7. The SMILES string of the molecule is CC(=O)N1CCN(Cc2ccnc(Cc3nc4ccc(-c5nc(C)no5)cc4[nH]3)c2)CC1. The molecule has 1 aliphatic rings. The summed E-state index contributed by atoms with van der Waals surface area (Å²) >= 11 is 0. The van der Waals surface area contributed by atoms with Crippen LogP contribution in [-0.4, -0.2) is 67.0 Å². The zero-order valence-corrected chi connectivity index (χ0v) is 18.2. The number of amides is 1. The minimum Gasteiger partial charge on any atom is -0.342 e. The fraction of sp³-hybridized carbons (Fsp3) is 0.348. The lowest BCUT2D eigenvalue weighted by molar-refractivity contribution is -0.130. The van der Waals surface area contributed by atoms with Crippen LogP contribution in [0.3, 0.4) is 0 Å². The maximum atomic E-state index is 11.5. The molecular weight excluding hydrogens is 406 g/mol. The number of hydrogen-bond acceptors (Lipinski definition) is 7. The second-order valence-electron chi connectivity index (χ2n) is 8.18. The Kier molecular flexibility index (Phi) is 5.40. The number of hydrogen-bond donors (Lipinski definition) is 1. The van der Waals surface area contributed by atoms with Crippen LogP contribution in [0.25, 0.3) is 22.5 Å². The number of aromatic amines is 1. The number of aromatic nitrogens is 5. The van der Waals surface area contributed by atoms with Gasteiger partial charge in [-0.3, -0.25) is 14.7 Å². The summed E-state index contributed by atoms with van der Waals surface area (Å²) < 4.78 is 5.27. The molecule has 4 aromatic rings. The number of carbonyl (C=O) groups excluding carboxylic acids is 1. The molecule has 9 nitrogen and oxygen atoms in total. The molecule has 0 saturated carbocycles. The molecule has 1 fully saturated rings. The number of imidazole rings is 1. The van der Waals surface area contributed by atoms with Crippen molar-refractivity contribution in [2.24, 2.45) is 0 Å². The predicted molar refractivity (Wildman–Crippen MR) is 119 cm³/mol. The number of H-pyrrole nitrogens is 1. The molecule has 0 radical (unpaired) electrons. The summed E-state index contributed by atoms with van der Waals surface area (Å²) in [7, 11) is 0. The van der Waals surface area contributed by atoms with Crippen molar-refractivity contribution in [3.63, 3.8) is 0 Å². The van der Waals surface area contributed by atoms with Crippen molar-refractivity contribution in [3.05, 3.63) is 59.4 Å². The Morgan fingerprint density at radius 1 is 1.12 bits per heavy atom. The molecule has 5 rings (SSSR count). The third-order valence-electron chi connectivity index (χ3n) is 5.76. The van der Waals surface area contributed by atoms with Crippen molar-refractivity contribution in [1.29, 1.82) is 0 Å². The predicted octanol–water partition coefficient (Wildman–Crippen LogP) is 2.57. The minimum absolute atomic E-state index is 0.154. The van der Waals surface area contributed by atoms with Gasteiger partial charge in [0.1, 0.15) is 5.82 Å². The Balaban J connectivity index is 1.27.